The molecule has 166 valence electrons. The average molecular weight is 434 g/mol. The average Bonchev–Trinajstić information content (AvgIpc) is 3.42. The third-order valence-electron chi connectivity index (χ3n) is 5.90. The first-order valence-electron chi connectivity index (χ1n) is 10.8. The van der Waals surface area contributed by atoms with E-state index in [-0.39, 0.29) is 6.04 Å². The predicted molar refractivity (Wildman–Crippen MR) is 124 cm³/mol. The van der Waals surface area contributed by atoms with Gasteiger partial charge in [-0.2, -0.15) is 5.10 Å². The van der Waals surface area contributed by atoms with Crippen molar-refractivity contribution < 1.29 is 9.15 Å². The van der Waals surface area contributed by atoms with E-state index < -0.39 is 0 Å². The summed E-state index contributed by atoms with van der Waals surface area (Å²) >= 11 is 0. The molecule has 1 aliphatic rings. The van der Waals surface area contributed by atoms with Crippen LogP contribution in [0.2, 0.25) is 0 Å². The summed E-state index contributed by atoms with van der Waals surface area (Å²) in [4.78, 5) is 8.75. The lowest BCUT2D eigenvalue weighted by molar-refractivity contribution is 0.350. The summed E-state index contributed by atoms with van der Waals surface area (Å²) in [7, 11) is 1.66. The summed E-state index contributed by atoms with van der Waals surface area (Å²) in [6, 6.07) is 10.2. The number of nitrogens with one attached hydrogen (secondary N) is 2. The van der Waals surface area contributed by atoms with Crippen LogP contribution in [0.4, 0.5) is 11.5 Å². The minimum absolute atomic E-state index is 0.279. The third kappa shape index (κ3) is 3.75. The second kappa shape index (κ2) is 8.51. The largest absolute Gasteiger partial charge is 0.495 e. The number of fused-ring (bicyclic) bond motifs is 1. The van der Waals surface area contributed by atoms with E-state index in [1.807, 2.05) is 41.9 Å². The molecule has 0 unspecified atom stereocenters. The Balaban J connectivity index is 1.51. The number of hydrogen-bond donors (Lipinski definition) is 3. The molecule has 0 radical (unpaired) electrons. The zero-order chi connectivity index (χ0) is 22.1. The van der Waals surface area contributed by atoms with Crippen molar-refractivity contribution in [1.82, 2.24) is 25.1 Å². The number of ether oxygens (including phenoxy) is 1. The van der Waals surface area contributed by atoms with Crippen LogP contribution in [0.3, 0.4) is 0 Å². The van der Waals surface area contributed by atoms with Crippen LogP contribution in [0.25, 0.3) is 22.3 Å². The van der Waals surface area contributed by atoms with E-state index in [9.17, 15) is 0 Å². The summed E-state index contributed by atoms with van der Waals surface area (Å²) in [5.41, 5.74) is 9.59. The van der Waals surface area contributed by atoms with Crippen molar-refractivity contribution in [2.45, 2.75) is 32.4 Å². The van der Waals surface area contributed by atoms with Crippen LogP contribution < -0.4 is 21.1 Å². The molecule has 1 fully saturated rings. The van der Waals surface area contributed by atoms with Gasteiger partial charge in [-0.1, -0.05) is 6.07 Å². The third-order valence-corrected chi connectivity index (χ3v) is 5.90. The lowest BCUT2D eigenvalue weighted by Gasteiger charge is -2.23. The van der Waals surface area contributed by atoms with E-state index in [1.54, 1.807) is 7.11 Å². The first-order chi connectivity index (χ1) is 15.6. The molecule has 1 aromatic carbocycles. The summed E-state index contributed by atoms with van der Waals surface area (Å²) in [5.74, 6) is 2.90. The number of aryl methyl sites for hydroxylation is 1. The van der Waals surface area contributed by atoms with Crippen molar-refractivity contribution >= 4 is 22.5 Å². The van der Waals surface area contributed by atoms with Gasteiger partial charge in [0.15, 0.2) is 5.65 Å². The number of hydrogen-bond acceptors (Lipinski definition) is 8. The molecule has 9 nitrogen and oxygen atoms in total. The number of anilines is 2. The molecule has 9 heteroatoms. The minimum Gasteiger partial charge on any atom is -0.495 e. The molecule has 0 bridgehead atoms. The van der Waals surface area contributed by atoms with Crippen LogP contribution in [0.5, 0.6) is 5.75 Å². The van der Waals surface area contributed by atoms with Crippen LogP contribution >= 0.6 is 0 Å². The highest BCUT2D eigenvalue weighted by Crippen LogP contribution is 2.37. The van der Waals surface area contributed by atoms with Crippen LogP contribution in [-0.2, 0) is 6.54 Å². The smallest absolute Gasteiger partial charge is 0.164 e. The Hall–Kier alpha value is -3.59. The molecular formula is C23H27N7O2. The highest BCUT2D eigenvalue weighted by molar-refractivity contribution is 5.98. The van der Waals surface area contributed by atoms with Gasteiger partial charge in [0, 0.05) is 5.56 Å². The molecule has 0 aliphatic carbocycles. The van der Waals surface area contributed by atoms with Crippen molar-refractivity contribution in [2.75, 3.05) is 31.2 Å². The normalized spacial score (nSPS) is 14.7. The van der Waals surface area contributed by atoms with Gasteiger partial charge in [0.1, 0.15) is 35.1 Å². The van der Waals surface area contributed by atoms with Crippen LogP contribution in [0, 0.1) is 6.92 Å². The van der Waals surface area contributed by atoms with E-state index in [1.165, 1.54) is 6.33 Å². The molecule has 1 aliphatic heterocycles. The fourth-order valence-electron chi connectivity index (χ4n) is 4.25. The first kappa shape index (κ1) is 20.3. The number of methoxy groups -OCH3 is 1. The van der Waals surface area contributed by atoms with Crippen molar-refractivity contribution in [3.8, 4) is 17.0 Å². The highest BCUT2D eigenvalue weighted by Gasteiger charge is 2.24. The number of aromatic nitrogens is 4. The fourth-order valence-corrected chi connectivity index (χ4v) is 4.25. The van der Waals surface area contributed by atoms with E-state index in [0.717, 1.165) is 65.4 Å². The van der Waals surface area contributed by atoms with Crippen LogP contribution in [-0.4, -0.2) is 39.9 Å². The van der Waals surface area contributed by atoms with Gasteiger partial charge in [-0.25, -0.2) is 14.6 Å². The monoisotopic (exact) mass is 433 g/mol. The lowest BCUT2D eigenvalue weighted by Crippen LogP contribution is -2.30. The van der Waals surface area contributed by atoms with Gasteiger partial charge in [0.05, 0.1) is 30.8 Å². The van der Waals surface area contributed by atoms with Gasteiger partial charge in [-0.05, 0) is 57.1 Å². The Bertz CT molecular complexity index is 1240. The number of nitrogens with zero attached hydrogens (tertiary/aromatic N) is 4. The Morgan fingerprint density at radius 2 is 2.06 bits per heavy atom. The second-order valence-electron chi connectivity index (χ2n) is 8.01. The van der Waals surface area contributed by atoms with E-state index in [2.05, 4.69) is 20.6 Å². The van der Waals surface area contributed by atoms with Crippen molar-refractivity contribution in [3.05, 3.63) is 48.2 Å². The molecule has 0 saturated carbocycles. The van der Waals surface area contributed by atoms with Crippen molar-refractivity contribution in [2.24, 2.45) is 0 Å². The molecule has 4 aromatic rings. The van der Waals surface area contributed by atoms with E-state index in [4.69, 9.17) is 20.0 Å². The van der Waals surface area contributed by atoms with Gasteiger partial charge in [-0.3, -0.25) is 0 Å². The molecular weight excluding hydrogens is 406 g/mol. The fraction of sp³-hybridized carbons (Fsp3) is 0.348. The van der Waals surface area contributed by atoms with E-state index in [0.29, 0.717) is 18.1 Å². The Morgan fingerprint density at radius 3 is 2.81 bits per heavy atom. The number of benzene rings is 1. The molecule has 32 heavy (non-hydrogen) atoms. The number of nitrogen functional groups attached to an aromatic ring is 1. The maximum Gasteiger partial charge on any atom is 0.164 e. The van der Waals surface area contributed by atoms with Gasteiger partial charge in [0.25, 0.3) is 0 Å². The van der Waals surface area contributed by atoms with Crippen LogP contribution in [0.1, 0.15) is 30.4 Å². The molecule has 0 atom stereocenters. The molecule has 1 saturated heterocycles. The van der Waals surface area contributed by atoms with Gasteiger partial charge in [0.2, 0.25) is 0 Å². The number of nitrogens with two attached hydrogens (primary N) is 1. The molecule has 5 rings (SSSR count). The van der Waals surface area contributed by atoms with E-state index >= 15 is 0 Å². The summed E-state index contributed by atoms with van der Waals surface area (Å²) in [6.45, 7) is 4.43. The number of piperidine rings is 1. The highest BCUT2D eigenvalue weighted by atomic mass is 16.5. The quantitative estimate of drug-likeness (QED) is 0.423. The maximum atomic E-state index is 6.28. The SMILES string of the molecule is COc1cc(-c2nn(C3CCNCC3)c3ncnc(N)c23)ccc1NCc1ccc(C)o1. The topological polar surface area (TPSA) is 116 Å². The van der Waals surface area contributed by atoms with Crippen molar-refractivity contribution in [1.29, 1.82) is 0 Å². The standard InChI is InChI=1S/C23H27N7O2/c1-14-3-5-17(32-14)12-26-18-6-4-15(11-19(18)31-2)21-20-22(24)27-13-28-23(20)30(29-21)16-7-9-25-10-8-16/h3-6,11,13,16,25-26H,7-10,12H2,1-2H3,(H2,24,27,28). The number of furan rings is 1. The second-order valence-corrected chi connectivity index (χ2v) is 8.01. The van der Waals surface area contributed by atoms with Crippen LogP contribution in [0.15, 0.2) is 41.1 Å². The van der Waals surface area contributed by atoms with Gasteiger partial charge < -0.3 is 25.5 Å². The minimum atomic E-state index is 0.279. The van der Waals surface area contributed by atoms with Gasteiger partial charge >= 0.3 is 0 Å². The molecule has 0 amide bonds. The molecule has 0 spiro atoms. The number of rotatable bonds is 6. The lowest BCUT2D eigenvalue weighted by atomic mass is 10.1. The van der Waals surface area contributed by atoms with Gasteiger partial charge in [-0.15, -0.1) is 0 Å². The Kier molecular flexibility index (Phi) is 5.40. The molecule has 4 heterocycles. The molecule has 4 N–H and O–H groups in total. The summed E-state index contributed by atoms with van der Waals surface area (Å²) in [5, 5.41) is 12.5. The Labute approximate surface area is 186 Å². The zero-order valence-corrected chi connectivity index (χ0v) is 18.3. The first-order valence-corrected chi connectivity index (χ1v) is 10.8. The Morgan fingerprint density at radius 1 is 1.22 bits per heavy atom. The maximum absolute atomic E-state index is 6.28. The summed E-state index contributed by atoms with van der Waals surface area (Å²) in [6.07, 6.45) is 3.50. The molecule has 3 aromatic heterocycles. The zero-order valence-electron chi connectivity index (χ0n) is 18.3. The van der Waals surface area contributed by atoms with Crippen molar-refractivity contribution in [3.63, 3.8) is 0 Å². The summed E-state index contributed by atoms with van der Waals surface area (Å²) < 4.78 is 13.3. The predicted octanol–water partition coefficient (Wildman–Crippen LogP) is 3.52.